The van der Waals surface area contributed by atoms with Gasteiger partial charge >= 0.3 is 5.69 Å². The Kier molecular flexibility index (Phi) is 4.50. The van der Waals surface area contributed by atoms with Crippen molar-refractivity contribution in [3.8, 4) is 5.75 Å². The molecule has 0 fully saturated rings. The number of Topliss-reactive ketones (excluding diaryl/α,β-unsaturated/α-hetero) is 1. The van der Waals surface area contributed by atoms with E-state index in [0.717, 1.165) is 11.3 Å². The molecule has 1 aromatic heterocycles. The van der Waals surface area contributed by atoms with Gasteiger partial charge in [0, 0.05) is 30.2 Å². The summed E-state index contributed by atoms with van der Waals surface area (Å²) in [6.07, 6.45) is 1.82. The molecule has 0 atom stereocenters. The van der Waals surface area contributed by atoms with E-state index in [4.69, 9.17) is 4.74 Å². The highest BCUT2D eigenvalue weighted by Crippen LogP contribution is 2.27. The molecule has 1 heterocycles. The van der Waals surface area contributed by atoms with Gasteiger partial charge in [0.1, 0.15) is 0 Å². The fraction of sp³-hybridized carbons (Fsp3) is 0.250. The SMILES string of the molecule is COc1ccc(C(=O)C[n+]2cccc(C)c2C)cc1[N+](=O)[O-]. The highest BCUT2D eigenvalue weighted by Gasteiger charge is 2.21. The van der Waals surface area contributed by atoms with Gasteiger partial charge in [-0.15, -0.1) is 0 Å². The number of rotatable bonds is 5. The third kappa shape index (κ3) is 3.11. The molecule has 6 heteroatoms. The summed E-state index contributed by atoms with van der Waals surface area (Å²) in [7, 11) is 1.36. The number of carbonyl (C=O) groups is 1. The summed E-state index contributed by atoms with van der Waals surface area (Å²) in [6, 6.07) is 8.08. The van der Waals surface area contributed by atoms with Crippen LogP contribution in [0.2, 0.25) is 0 Å². The van der Waals surface area contributed by atoms with Crippen molar-refractivity contribution in [3.63, 3.8) is 0 Å². The van der Waals surface area contributed by atoms with Crippen molar-refractivity contribution >= 4 is 11.5 Å². The predicted octanol–water partition coefficient (Wildman–Crippen LogP) is 2.39. The maximum absolute atomic E-state index is 12.4. The van der Waals surface area contributed by atoms with Crippen molar-refractivity contribution in [2.75, 3.05) is 7.11 Å². The first-order valence-electron chi connectivity index (χ1n) is 6.75. The Balaban J connectivity index is 2.32. The van der Waals surface area contributed by atoms with E-state index in [0.29, 0.717) is 5.56 Å². The van der Waals surface area contributed by atoms with Crippen molar-refractivity contribution in [2.24, 2.45) is 0 Å². The highest BCUT2D eigenvalue weighted by atomic mass is 16.6. The number of methoxy groups -OCH3 is 1. The number of nitrogens with zero attached hydrogens (tertiary/aromatic N) is 2. The van der Waals surface area contributed by atoms with Crippen LogP contribution in [0.25, 0.3) is 0 Å². The van der Waals surface area contributed by atoms with Crippen LogP contribution in [0.3, 0.4) is 0 Å². The lowest BCUT2D eigenvalue weighted by atomic mass is 10.1. The Hall–Kier alpha value is -2.76. The summed E-state index contributed by atoms with van der Waals surface area (Å²) >= 11 is 0. The third-order valence-corrected chi connectivity index (χ3v) is 3.63. The molecule has 2 rings (SSSR count). The van der Waals surface area contributed by atoms with Crippen LogP contribution >= 0.6 is 0 Å². The molecule has 0 radical (unpaired) electrons. The number of aryl methyl sites for hydroxylation is 1. The predicted molar refractivity (Wildman–Crippen MR) is 80.1 cm³/mol. The maximum Gasteiger partial charge on any atom is 0.311 e. The topological polar surface area (TPSA) is 73.3 Å². The molecule has 0 bridgehead atoms. The van der Waals surface area contributed by atoms with E-state index >= 15 is 0 Å². The molecule has 1 aromatic carbocycles. The van der Waals surface area contributed by atoms with Crippen molar-refractivity contribution < 1.29 is 19.0 Å². The molecule has 2 aromatic rings. The van der Waals surface area contributed by atoms with Gasteiger partial charge in [0.15, 0.2) is 17.6 Å². The maximum atomic E-state index is 12.4. The molecule has 0 spiro atoms. The molecular weight excluding hydrogens is 284 g/mol. The van der Waals surface area contributed by atoms with Gasteiger partial charge in [0.05, 0.1) is 12.0 Å². The fourth-order valence-electron chi connectivity index (χ4n) is 2.17. The molecule has 0 saturated carbocycles. The lowest BCUT2D eigenvalue weighted by Gasteiger charge is -2.05. The normalized spacial score (nSPS) is 10.3. The van der Waals surface area contributed by atoms with Gasteiger partial charge in [0.2, 0.25) is 12.3 Å². The highest BCUT2D eigenvalue weighted by molar-refractivity contribution is 5.96. The van der Waals surface area contributed by atoms with E-state index in [9.17, 15) is 14.9 Å². The molecule has 6 nitrogen and oxygen atoms in total. The van der Waals surface area contributed by atoms with Gasteiger partial charge in [-0.2, -0.15) is 4.57 Å². The van der Waals surface area contributed by atoms with Gasteiger partial charge in [-0.3, -0.25) is 14.9 Å². The molecule has 0 aliphatic carbocycles. The van der Waals surface area contributed by atoms with E-state index in [1.807, 2.05) is 36.7 Å². The molecule has 0 N–H and O–H groups in total. The summed E-state index contributed by atoms with van der Waals surface area (Å²) in [5.41, 5.74) is 2.15. The number of carbonyl (C=O) groups excluding carboxylic acids is 1. The number of nitro benzene ring substituents is 1. The minimum absolute atomic E-state index is 0.136. The number of nitro groups is 1. The van der Waals surface area contributed by atoms with Gasteiger partial charge in [-0.1, -0.05) is 0 Å². The number of ether oxygens (including phenoxy) is 1. The lowest BCUT2D eigenvalue weighted by Crippen LogP contribution is -2.41. The van der Waals surface area contributed by atoms with Crippen molar-refractivity contribution in [3.05, 3.63) is 63.5 Å². The third-order valence-electron chi connectivity index (χ3n) is 3.63. The van der Waals surface area contributed by atoms with Crippen LogP contribution in [-0.4, -0.2) is 17.8 Å². The van der Waals surface area contributed by atoms with Crippen LogP contribution < -0.4 is 9.30 Å². The zero-order valence-corrected chi connectivity index (χ0v) is 12.7. The van der Waals surface area contributed by atoms with Gasteiger partial charge in [-0.05, 0) is 25.1 Å². The van der Waals surface area contributed by atoms with Crippen LogP contribution in [0, 0.1) is 24.0 Å². The summed E-state index contributed by atoms with van der Waals surface area (Å²) in [4.78, 5) is 22.8. The van der Waals surface area contributed by atoms with E-state index in [1.54, 1.807) is 6.07 Å². The Bertz CT molecular complexity index is 741. The zero-order chi connectivity index (χ0) is 16.3. The zero-order valence-electron chi connectivity index (χ0n) is 12.7. The van der Waals surface area contributed by atoms with Crippen LogP contribution in [0.4, 0.5) is 5.69 Å². The van der Waals surface area contributed by atoms with Crippen LogP contribution in [0.1, 0.15) is 21.6 Å². The molecule has 0 saturated heterocycles. The van der Waals surface area contributed by atoms with Crippen LogP contribution in [0.5, 0.6) is 5.75 Å². The largest absolute Gasteiger partial charge is 0.490 e. The summed E-state index contributed by atoms with van der Waals surface area (Å²) < 4.78 is 6.76. The Labute approximate surface area is 128 Å². The monoisotopic (exact) mass is 301 g/mol. The van der Waals surface area contributed by atoms with Gasteiger partial charge in [0.25, 0.3) is 0 Å². The minimum atomic E-state index is -0.555. The fourth-order valence-corrected chi connectivity index (χ4v) is 2.17. The van der Waals surface area contributed by atoms with E-state index in [2.05, 4.69) is 0 Å². The average molecular weight is 301 g/mol. The molecule has 0 aliphatic heterocycles. The molecule has 114 valence electrons. The molecule has 0 amide bonds. The minimum Gasteiger partial charge on any atom is -0.490 e. The summed E-state index contributed by atoms with van der Waals surface area (Å²) in [5, 5.41) is 11.0. The van der Waals surface area contributed by atoms with Gasteiger partial charge in [-0.25, -0.2) is 0 Å². The quantitative estimate of drug-likeness (QED) is 0.368. The van der Waals surface area contributed by atoms with E-state index in [-0.39, 0.29) is 23.8 Å². The van der Waals surface area contributed by atoms with Gasteiger partial charge < -0.3 is 4.74 Å². The van der Waals surface area contributed by atoms with Crippen LogP contribution in [-0.2, 0) is 6.54 Å². The Morgan fingerprint density at radius 1 is 1.32 bits per heavy atom. The first-order valence-corrected chi connectivity index (χ1v) is 6.75. The Morgan fingerprint density at radius 3 is 2.68 bits per heavy atom. The van der Waals surface area contributed by atoms with Crippen molar-refractivity contribution in [2.45, 2.75) is 20.4 Å². The number of hydrogen-bond acceptors (Lipinski definition) is 4. The van der Waals surface area contributed by atoms with Crippen molar-refractivity contribution in [1.82, 2.24) is 0 Å². The van der Waals surface area contributed by atoms with E-state index in [1.165, 1.54) is 19.2 Å². The first kappa shape index (κ1) is 15.6. The second-order valence-electron chi connectivity index (χ2n) is 4.97. The van der Waals surface area contributed by atoms with E-state index < -0.39 is 4.92 Å². The molecule has 0 unspecified atom stereocenters. The number of benzene rings is 1. The Morgan fingerprint density at radius 2 is 2.05 bits per heavy atom. The second-order valence-corrected chi connectivity index (χ2v) is 4.97. The smallest absolute Gasteiger partial charge is 0.311 e. The van der Waals surface area contributed by atoms with Crippen LogP contribution in [0.15, 0.2) is 36.5 Å². The standard InChI is InChI=1S/C16H17N2O4/c1-11-5-4-8-17(12(11)2)10-15(19)13-6-7-16(22-3)14(9-13)18(20)21/h4-9H,10H2,1-3H3/q+1. The molecular formula is C16H17N2O4+. The second kappa shape index (κ2) is 6.34. The molecule has 0 aliphatic rings. The first-order chi connectivity index (χ1) is 10.4. The number of hydrogen-bond donors (Lipinski definition) is 0. The lowest BCUT2D eigenvalue weighted by molar-refractivity contribution is -0.689. The average Bonchev–Trinajstić information content (AvgIpc) is 2.51. The summed E-state index contributed by atoms with van der Waals surface area (Å²) in [6.45, 7) is 4.03. The summed E-state index contributed by atoms with van der Waals surface area (Å²) in [5.74, 6) is -0.0506. The number of ketones is 1. The van der Waals surface area contributed by atoms with Crippen molar-refractivity contribution in [1.29, 1.82) is 0 Å². The number of pyridine rings is 1. The molecule has 22 heavy (non-hydrogen) atoms. The number of aromatic nitrogens is 1.